The van der Waals surface area contributed by atoms with Crippen LogP contribution in [-0.4, -0.2) is 40.4 Å². The van der Waals surface area contributed by atoms with E-state index in [1.807, 2.05) is 4.90 Å². The van der Waals surface area contributed by atoms with Gasteiger partial charge < -0.3 is 5.11 Å². The quantitative estimate of drug-likeness (QED) is 0.872. The van der Waals surface area contributed by atoms with E-state index < -0.39 is 12.3 Å². The number of hydrogen-bond acceptors (Lipinski definition) is 4. The van der Waals surface area contributed by atoms with Crippen LogP contribution in [0.15, 0.2) is 0 Å². The van der Waals surface area contributed by atoms with E-state index in [-0.39, 0.29) is 0 Å². The molecule has 17 heavy (non-hydrogen) atoms. The number of nitrogens with zero attached hydrogens (tertiary/aromatic N) is 2. The topological polar surface area (TPSA) is 36.4 Å². The second kappa shape index (κ2) is 4.63. The van der Waals surface area contributed by atoms with Gasteiger partial charge in [-0.05, 0) is 25.7 Å². The fourth-order valence-electron chi connectivity index (χ4n) is 2.62. The van der Waals surface area contributed by atoms with E-state index >= 15 is 0 Å². The largest absolute Gasteiger partial charge is 0.389 e. The Hall–Kier alpha value is -0.520. The van der Waals surface area contributed by atoms with Crippen LogP contribution in [0, 0.1) is 0 Å². The van der Waals surface area contributed by atoms with Crippen molar-refractivity contribution in [1.29, 1.82) is 0 Å². The van der Waals surface area contributed by atoms with E-state index in [0.717, 1.165) is 17.8 Å². The highest BCUT2D eigenvalue weighted by atomic mass is 32.1. The van der Waals surface area contributed by atoms with Gasteiger partial charge in [0, 0.05) is 18.0 Å². The summed E-state index contributed by atoms with van der Waals surface area (Å²) in [5.74, 6) is 0. The summed E-state index contributed by atoms with van der Waals surface area (Å²) in [6, 6.07) is 0. The zero-order chi connectivity index (χ0) is 11.8. The lowest BCUT2D eigenvalue weighted by Gasteiger charge is -2.11. The Kier molecular flexibility index (Phi) is 3.15. The summed E-state index contributed by atoms with van der Waals surface area (Å²) >= 11 is 1.77. The summed E-state index contributed by atoms with van der Waals surface area (Å²) in [6.07, 6.45) is 2.85. The van der Waals surface area contributed by atoms with E-state index in [0.29, 0.717) is 19.6 Å². The molecule has 1 aliphatic heterocycles. The van der Waals surface area contributed by atoms with Crippen LogP contribution in [0.4, 0.5) is 4.39 Å². The number of fused-ring (bicyclic) bond motifs is 1. The molecule has 2 atom stereocenters. The number of aryl methyl sites for hydroxylation is 2. The van der Waals surface area contributed by atoms with Gasteiger partial charge in [-0.2, -0.15) is 0 Å². The Bertz CT molecular complexity index is 376. The Balaban J connectivity index is 1.67. The van der Waals surface area contributed by atoms with Crippen molar-refractivity contribution in [3.8, 4) is 0 Å². The predicted molar refractivity (Wildman–Crippen MR) is 64.9 cm³/mol. The lowest BCUT2D eigenvalue weighted by atomic mass is 10.0. The summed E-state index contributed by atoms with van der Waals surface area (Å²) in [5, 5.41) is 10.5. The van der Waals surface area contributed by atoms with E-state index in [1.165, 1.54) is 23.4 Å². The van der Waals surface area contributed by atoms with Crippen molar-refractivity contribution in [1.82, 2.24) is 9.88 Å². The molecule has 2 aliphatic rings. The predicted octanol–water partition coefficient (Wildman–Crippen LogP) is 1.54. The highest BCUT2D eigenvalue weighted by molar-refractivity contribution is 7.11. The fraction of sp³-hybridized carbons (Fsp3) is 0.750. The second-order valence-corrected chi connectivity index (χ2v) is 6.13. The van der Waals surface area contributed by atoms with Crippen LogP contribution >= 0.6 is 11.3 Å². The standard InChI is InChI=1S/C12H17FN2OS/c13-8-5-15(6-10(8)16)7-12-14-9-3-1-2-4-11(9)17-12/h8,10,16H,1-7H2/t8-,10-/m1/s1. The van der Waals surface area contributed by atoms with Gasteiger partial charge in [-0.1, -0.05) is 0 Å². The first-order chi connectivity index (χ1) is 8.22. The molecule has 0 saturated carbocycles. The number of aliphatic hydroxyl groups is 1. The van der Waals surface area contributed by atoms with Crippen LogP contribution in [0.1, 0.15) is 28.4 Å². The number of halogens is 1. The molecule has 3 rings (SSSR count). The molecule has 1 aliphatic carbocycles. The molecule has 5 heteroatoms. The van der Waals surface area contributed by atoms with Crippen molar-refractivity contribution in [3.63, 3.8) is 0 Å². The molecule has 0 unspecified atom stereocenters. The van der Waals surface area contributed by atoms with Gasteiger partial charge in [-0.25, -0.2) is 9.37 Å². The molecule has 0 aromatic carbocycles. The lowest BCUT2D eigenvalue weighted by Crippen LogP contribution is -2.21. The van der Waals surface area contributed by atoms with Crippen molar-refractivity contribution in [3.05, 3.63) is 15.6 Å². The van der Waals surface area contributed by atoms with Crippen molar-refractivity contribution in [2.45, 2.75) is 44.5 Å². The van der Waals surface area contributed by atoms with E-state index in [4.69, 9.17) is 0 Å². The molecule has 0 spiro atoms. The van der Waals surface area contributed by atoms with Crippen LogP contribution in [0.5, 0.6) is 0 Å². The molecule has 1 aromatic rings. The van der Waals surface area contributed by atoms with Gasteiger partial charge in [-0.15, -0.1) is 11.3 Å². The highest BCUT2D eigenvalue weighted by Crippen LogP contribution is 2.28. The van der Waals surface area contributed by atoms with Gasteiger partial charge in [0.1, 0.15) is 11.2 Å². The first kappa shape index (κ1) is 11.6. The summed E-state index contributed by atoms with van der Waals surface area (Å²) in [5.41, 5.74) is 1.26. The highest BCUT2D eigenvalue weighted by Gasteiger charge is 2.31. The average Bonchev–Trinajstić information content (AvgIpc) is 2.83. The third kappa shape index (κ3) is 2.37. The Morgan fingerprint density at radius 1 is 1.35 bits per heavy atom. The van der Waals surface area contributed by atoms with Crippen LogP contribution in [0.25, 0.3) is 0 Å². The summed E-state index contributed by atoms with van der Waals surface area (Å²) in [7, 11) is 0. The SMILES string of the molecule is O[C@@H]1CN(Cc2nc3c(s2)CCCC3)C[C@H]1F. The normalized spacial score (nSPS) is 29.5. The second-order valence-electron chi connectivity index (χ2n) is 4.96. The molecule has 1 saturated heterocycles. The van der Waals surface area contributed by atoms with Crippen LogP contribution < -0.4 is 0 Å². The monoisotopic (exact) mass is 256 g/mol. The Morgan fingerprint density at radius 3 is 2.88 bits per heavy atom. The first-order valence-electron chi connectivity index (χ1n) is 6.24. The third-order valence-electron chi connectivity index (χ3n) is 3.54. The molecule has 94 valence electrons. The molecule has 1 N–H and O–H groups in total. The number of hydrogen-bond donors (Lipinski definition) is 1. The van der Waals surface area contributed by atoms with Gasteiger partial charge in [0.2, 0.25) is 0 Å². The van der Waals surface area contributed by atoms with E-state index in [2.05, 4.69) is 4.98 Å². The van der Waals surface area contributed by atoms with Gasteiger partial charge in [0.15, 0.2) is 0 Å². The molecular formula is C12H17FN2OS. The molecule has 1 fully saturated rings. The molecule has 2 heterocycles. The maximum absolute atomic E-state index is 13.2. The van der Waals surface area contributed by atoms with Crippen LogP contribution in [-0.2, 0) is 19.4 Å². The van der Waals surface area contributed by atoms with E-state index in [9.17, 15) is 9.50 Å². The third-order valence-corrected chi connectivity index (χ3v) is 4.69. The van der Waals surface area contributed by atoms with Crippen LogP contribution in [0.2, 0.25) is 0 Å². The zero-order valence-electron chi connectivity index (χ0n) is 9.73. The minimum absolute atomic E-state index is 0.339. The van der Waals surface area contributed by atoms with E-state index in [1.54, 1.807) is 11.3 Å². The lowest BCUT2D eigenvalue weighted by molar-refractivity contribution is 0.115. The summed E-state index contributed by atoms with van der Waals surface area (Å²) in [6.45, 7) is 1.46. The number of alkyl halides is 1. The zero-order valence-corrected chi connectivity index (χ0v) is 10.5. The number of likely N-dealkylation sites (tertiary alicyclic amines) is 1. The number of thiazole rings is 1. The van der Waals surface area contributed by atoms with Gasteiger partial charge >= 0.3 is 0 Å². The summed E-state index contributed by atoms with van der Waals surface area (Å²) < 4.78 is 13.2. The minimum Gasteiger partial charge on any atom is -0.389 e. The van der Waals surface area contributed by atoms with Crippen molar-refractivity contribution >= 4 is 11.3 Å². The van der Waals surface area contributed by atoms with Gasteiger partial charge in [-0.3, -0.25) is 4.90 Å². The Labute approximate surface area is 104 Å². The van der Waals surface area contributed by atoms with Crippen LogP contribution in [0.3, 0.4) is 0 Å². The van der Waals surface area contributed by atoms with Gasteiger partial charge in [0.25, 0.3) is 0 Å². The van der Waals surface area contributed by atoms with Crippen molar-refractivity contribution < 1.29 is 9.50 Å². The average molecular weight is 256 g/mol. The van der Waals surface area contributed by atoms with Gasteiger partial charge in [0.05, 0.1) is 18.3 Å². The number of aliphatic hydroxyl groups excluding tert-OH is 1. The van der Waals surface area contributed by atoms with Crippen molar-refractivity contribution in [2.75, 3.05) is 13.1 Å². The maximum Gasteiger partial charge on any atom is 0.140 e. The van der Waals surface area contributed by atoms with Crippen molar-refractivity contribution in [2.24, 2.45) is 0 Å². The fourth-order valence-corrected chi connectivity index (χ4v) is 3.81. The minimum atomic E-state index is -1.09. The molecule has 3 nitrogen and oxygen atoms in total. The molecule has 0 bridgehead atoms. The molecular weight excluding hydrogens is 239 g/mol. The maximum atomic E-state index is 13.2. The number of rotatable bonds is 2. The summed E-state index contributed by atoms with van der Waals surface area (Å²) in [4.78, 5) is 8.01. The molecule has 1 aromatic heterocycles. The molecule has 0 amide bonds. The number of aromatic nitrogens is 1. The first-order valence-corrected chi connectivity index (χ1v) is 7.06. The smallest absolute Gasteiger partial charge is 0.140 e. The Morgan fingerprint density at radius 2 is 2.18 bits per heavy atom. The number of β-amino-alcohol motifs (C(OH)–C–C–N with tert-alkyl or cyclic N) is 1. The molecule has 0 radical (unpaired) electrons.